The third-order valence-electron chi connectivity index (χ3n) is 2.92. The molecule has 1 aromatic carbocycles. The Hall–Kier alpha value is -1.14. The lowest BCUT2D eigenvalue weighted by molar-refractivity contribution is -0.0184. The number of rotatable bonds is 4. The second-order valence-corrected chi connectivity index (χ2v) is 4.12. The molecule has 0 bridgehead atoms. The number of anilines is 1. The number of nitrogens with one attached hydrogen (secondary N) is 1. The normalized spacial score (nSPS) is 32.6. The molecule has 4 atom stereocenters. The minimum Gasteiger partial charge on any atom is -0.394 e. The van der Waals surface area contributed by atoms with Crippen molar-refractivity contribution in [3.8, 4) is 0 Å². The molecule has 0 unspecified atom stereocenters. The molecule has 1 aliphatic rings. The summed E-state index contributed by atoms with van der Waals surface area (Å²) < 4.78 is 5.34. The zero-order valence-electron chi connectivity index (χ0n) is 9.36. The first-order valence-electron chi connectivity index (χ1n) is 5.63. The lowest BCUT2D eigenvalue weighted by atomic mass is 10.1. The quantitative estimate of drug-likeness (QED) is 0.574. The molecule has 0 radical (unpaired) electrons. The monoisotopic (exact) mass is 239 g/mol. The van der Waals surface area contributed by atoms with Crippen molar-refractivity contribution in [1.82, 2.24) is 0 Å². The Bertz CT molecular complexity index is 346. The highest BCUT2D eigenvalue weighted by molar-refractivity contribution is 5.42. The van der Waals surface area contributed by atoms with Crippen LogP contribution in [0.1, 0.15) is 0 Å². The number of hydrogen-bond donors (Lipinski definition) is 4. The van der Waals surface area contributed by atoms with Gasteiger partial charge in [-0.2, -0.15) is 0 Å². The van der Waals surface area contributed by atoms with E-state index in [4.69, 9.17) is 9.84 Å². The van der Waals surface area contributed by atoms with Crippen LogP contribution >= 0.6 is 0 Å². The fraction of sp³-hybridized carbons (Fsp3) is 0.500. The van der Waals surface area contributed by atoms with Crippen LogP contribution in [0.2, 0.25) is 0 Å². The molecule has 2 rings (SSSR count). The molecule has 4 N–H and O–H groups in total. The van der Waals surface area contributed by atoms with E-state index in [1.807, 2.05) is 30.3 Å². The lowest BCUT2D eigenvalue weighted by Crippen LogP contribution is -2.36. The summed E-state index contributed by atoms with van der Waals surface area (Å²) in [6.45, 7) is 0.0960. The average molecular weight is 239 g/mol. The van der Waals surface area contributed by atoms with Crippen LogP contribution < -0.4 is 5.32 Å². The number of aliphatic hydroxyl groups is 3. The zero-order chi connectivity index (χ0) is 12.3. The first kappa shape index (κ1) is 12.3. The van der Waals surface area contributed by atoms with Crippen LogP contribution in [0.15, 0.2) is 30.3 Å². The van der Waals surface area contributed by atoms with E-state index in [2.05, 4.69) is 5.32 Å². The topological polar surface area (TPSA) is 82.0 Å². The van der Waals surface area contributed by atoms with Crippen LogP contribution in [-0.2, 0) is 4.74 Å². The maximum absolute atomic E-state index is 9.71. The summed E-state index contributed by atoms with van der Waals surface area (Å²) in [4.78, 5) is 0. The zero-order valence-corrected chi connectivity index (χ0v) is 9.36. The molecule has 0 saturated carbocycles. The smallest absolute Gasteiger partial charge is 0.111 e. The molecule has 1 aromatic rings. The van der Waals surface area contributed by atoms with Gasteiger partial charge < -0.3 is 25.4 Å². The van der Waals surface area contributed by atoms with Gasteiger partial charge in [0.15, 0.2) is 0 Å². The van der Waals surface area contributed by atoms with E-state index in [9.17, 15) is 10.2 Å². The maximum atomic E-state index is 9.71. The summed E-state index contributed by atoms with van der Waals surface area (Å²) in [5, 5.41) is 31.3. The van der Waals surface area contributed by atoms with Crippen LogP contribution in [0.5, 0.6) is 0 Å². The van der Waals surface area contributed by atoms with E-state index in [0.717, 1.165) is 5.69 Å². The Morgan fingerprint density at radius 1 is 1.06 bits per heavy atom. The average Bonchev–Trinajstić information content (AvgIpc) is 2.65. The summed E-state index contributed by atoms with van der Waals surface area (Å²) in [7, 11) is 0. The van der Waals surface area contributed by atoms with Gasteiger partial charge in [0.1, 0.15) is 24.4 Å². The Morgan fingerprint density at radius 2 is 1.71 bits per heavy atom. The van der Waals surface area contributed by atoms with E-state index < -0.39 is 24.4 Å². The van der Waals surface area contributed by atoms with Crippen LogP contribution in [0.4, 0.5) is 5.69 Å². The van der Waals surface area contributed by atoms with Crippen molar-refractivity contribution in [3.63, 3.8) is 0 Å². The third kappa shape index (κ3) is 2.76. The predicted octanol–water partition coefficient (Wildman–Crippen LogP) is -0.420. The summed E-state index contributed by atoms with van der Waals surface area (Å²) in [5.74, 6) is 0. The maximum Gasteiger partial charge on any atom is 0.111 e. The predicted molar refractivity (Wildman–Crippen MR) is 62.7 cm³/mol. The summed E-state index contributed by atoms with van der Waals surface area (Å²) in [6, 6.07) is 9.53. The highest BCUT2D eigenvalue weighted by atomic mass is 16.6. The van der Waals surface area contributed by atoms with Gasteiger partial charge in [-0.3, -0.25) is 0 Å². The van der Waals surface area contributed by atoms with Gasteiger partial charge >= 0.3 is 0 Å². The van der Waals surface area contributed by atoms with E-state index in [-0.39, 0.29) is 6.61 Å². The number of ether oxygens (including phenoxy) is 1. The van der Waals surface area contributed by atoms with Gasteiger partial charge in [0.25, 0.3) is 0 Å². The summed E-state index contributed by atoms with van der Waals surface area (Å²) >= 11 is 0. The van der Waals surface area contributed by atoms with Crippen molar-refractivity contribution >= 4 is 5.69 Å². The van der Waals surface area contributed by atoms with E-state index >= 15 is 0 Å². The minimum atomic E-state index is -1.03. The largest absolute Gasteiger partial charge is 0.394 e. The van der Waals surface area contributed by atoms with E-state index in [0.29, 0.717) is 6.54 Å². The Kier molecular flexibility index (Phi) is 3.96. The van der Waals surface area contributed by atoms with E-state index in [1.54, 1.807) is 0 Å². The first-order valence-corrected chi connectivity index (χ1v) is 5.63. The molecule has 5 heteroatoms. The van der Waals surface area contributed by atoms with Gasteiger partial charge in [-0.15, -0.1) is 0 Å². The van der Waals surface area contributed by atoms with Crippen molar-refractivity contribution in [3.05, 3.63) is 30.3 Å². The Morgan fingerprint density at radius 3 is 2.29 bits per heavy atom. The van der Waals surface area contributed by atoms with Gasteiger partial charge in [-0.1, -0.05) is 18.2 Å². The van der Waals surface area contributed by atoms with Crippen LogP contribution in [0, 0.1) is 0 Å². The molecule has 94 valence electrons. The number of hydrogen-bond acceptors (Lipinski definition) is 5. The fourth-order valence-corrected chi connectivity index (χ4v) is 1.92. The molecule has 0 amide bonds. The molecule has 0 spiro atoms. The van der Waals surface area contributed by atoms with Crippen molar-refractivity contribution in [2.75, 3.05) is 18.5 Å². The lowest BCUT2D eigenvalue weighted by Gasteiger charge is -2.16. The molecule has 1 aliphatic heterocycles. The minimum absolute atomic E-state index is 0.292. The van der Waals surface area contributed by atoms with Gasteiger partial charge in [0, 0.05) is 12.2 Å². The third-order valence-corrected chi connectivity index (χ3v) is 2.92. The molecule has 5 nitrogen and oxygen atoms in total. The number of para-hydroxylation sites is 1. The molecule has 0 aromatic heterocycles. The van der Waals surface area contributed by atoms with Crippen LogP contribution in [0.25, 0.3) is 0 Å². The van der Waals surface area contributed by atoms with Gasteiger partial charge in [-0.05, 0) is 12.1 Å². The van der Waals surface area contributed by atoms with Crippen LogP contribution in [0.3, 0.4) is 0 Å². The second kappa shape index (κ2) is 5.46. The first-order chi connectivity index (χ1) is 8.22. The van der Waals surface area contributed by atoms with Crippen molar-refractivity contribution < 1.29 is 20.1 Å². The number of benzene rings is 1. The highest BCUT2D eigenvalue weighted by Gasteiger charge is 2.41. The van der Waals surface area contributed by atoms with Gasteiger partial charge in [0.05, 0.1) is 6.61 Å². The number of aliphatic hydroxyl groups excluding tert-OH is 3. The molecule has 0 aliphatic carbocycles. The molecule has 17 heavy (non-hydrogen) atoms. The van der Waals surface area contributed by atoms with Crippen LogP contribution in [-0.4, -0.2) is 52.9 Å². The Balaban J connectivity index is 1.88. The standard InChI is InChI=1S/C12H17NO4/c14-7-10-12(16)11(15)9(17-10)6-13-8-4-2-1-3-5-8/h1-5,9-16H,6-7H2/t9-,10-,11-,12-/m1/s1. The fourth-order valence-electron chi connectivity index (χ4n) is 1.92. The van der Waals surface area contributed by atoms with Crippen molar-refractivity contribution in [2.45, 2.75) is 24.4 Å². The molecular formula is C12H17NO4. The molecule has 1 heterocycles. The molecule has 1 fully saturated rings. The van der Waals surface area contributed by atoms with E-state index in [1.165, 1.54) is 0 Å². The SMILES string of the molecule is OC[C@H]1O[C@H](CNc2ccccc2)[C@@H](O)[C@@H]1O. The summed E-state index contributed by atoms with van der Waals surface area (Å²) in [6.07, 6.45) is -3.21. The Labute approximate surface area is 99.7 Å². The highest BCUT2D eigenvalue weighted by Crippen LogP contribution is 2.21. The van der Waals surface area contributed by atoms with Crippen molar-refractivity contribution in [2.24, 2.45) is 0 Å². The van der Waals surface area contributed by atoms with Gasteiger partial charge in [0.2, 0.25) is 0 Å². The molecular weight excluding hydrogens is 222 g/mol. The summed E-state index contributed by atoms with van der Waals surface area (Å²) in [5.41, 5.74) is 0.922. The van der Waals surface area contributed by atoms with Crippen molar-refractivity contribution in [1.29, 1.82) is 0 Å². The molecule has 1 saturated heterocycles. The second-order valence-electron chi connectivity index (χ2n) is 4.12. The van der Waals surface area contributed by atoms with Gasteiger partial charge in [-0.25, -0.2) is 0 Å².